The van der Waals surface area contributed by atoms with Crippen molar-refractivity contribution in [3.63, 3.8) is 0 Å². The van der Waals surface area contributed by atoms with E-state index in [1.807, 2.05) is 35.1 Å². The number of carbonyl (C=O) groups is 2. The van der Waals surface area contributed by atoms with E-state index in [0.29, 0.717) is 23.0 Å². The Bertz CT molecular complexity index is 1290. The van der Waals surface area contributed by atoms with Crippen LogP contribution >= 0.6 is 0 Å². The second kappa shape index (κ2) is 11.2. The molecule has 1 aliphatic carbocycles. The highest BCUT2D eigenvalue weighted by molar-refractivity contribution is 5.96. The van der Waals surface area contributed by atoms with E-state index in [0.717, 1.165) is 32.4 Å². The molecule has 2 aliphatic rings. The summed E-state index contributed by atoms with van der Waals surface area (Å²) in [5.41, 5.74) is 14.4. The van der Waals surface area contributed by atoms with E-state index in [2.05, 4.69) is 45.0 Å². The fourth-order valence-electron chi connectivity index (χ4n) is 4.92. The molecule has 0 unspecified atom stereocenters. The number of primary amides is 1. The second-order valence-electron chi connectivity index (χ2n) is 10.1. The van der Waals surface area contributed by atoms with Crippen molar-refractivity contribution in [1.82, 2.24) is 30.6 Å². The first kappa shape index (κ1) is 25.7. The summed E-state index contributed by atoms with van der Waals surface area (Å²) < 4.78 is 1.82. The maximum Gasteiger partial charge on any atom is 0.271 e. The number of hydrazine groups is 1. The number of piperidine rings is 1. The highest BCUT2D eigenvalue weighted by atomic mass is 16.2. The maximum absolute atomic E-state index is 12.7. The van der Waals surface area contributed by atoms with Gasteiger partial charge in [-0.05, 0) is 62.6 Å². The van der Waals surface area contributed by atoms with Crippen molar-refractivity contribution in [2.75, 3.05) is 16.8 Å². The Morgan fingerprint density at radius 2 is 1.92 bits per heavy atom. The highest BCUT2D eigenvalue weighted by Crippen LogP contribution is 2.39. The number of hydrogen-bond acceptors (Lipinski definition) is 8. The predicted molar refractivity (Wildman–Crippen MR) is 145 cm³/mol. The molecule has 0 bridgehead atoms. The van der Waals surface area contributed by atoms with Crippen LogP contribution < -0.4 is 26.8 Å². The first-order chi connectivity index (χ1) is 18.4. The molecule has 2 amide bonds. The average Bonchev–Trinajstić information content (AvgIpc) is 3.68. The van der Waals surface area contributed by atoms with Gasteiger partial charge in [-0.3, -0.25) is 19.7 Å². The molecule has 0 spiro atoms. The predicted octanol–water partition coefficient (Wildman–Crippen LogP) is 3.09. The molecular weight excluding hydrogens is 482 g/mol. The van der Waals surface area contributed by atoms with Gasteiger partial charge in [0.2, 0.25) is 0 Å². The molecule has 11 nitrogen and oxygen atoms in total. The minimum absolute atomic E-state index is 0.000242. The van der Waals surface area contributed by atoms with Crippen LogP contribution in [0.5, 0.6) is 0 Å². The zero-order valence-electron chi connectivity index (χ0n) is 21.9. The Hall–Kier alpha value is -3.99. The van der Waals surface area contributed by atoms with Crippen LogP contribution in [0.15, 0.2) is 42.9 Å². The number of anilines is 3. The molecule has 5 rings (SSSR count). The first-order valence-corrected chi connectivity index (χ1v) is 13.3. The van der Waals surface area contributed by atoms with Gasteiger partial charge in [-0.15, -0.1) is 0 Å². The summed E-state index contributed by atoms with van der Waals surface area (Å²) in [5, 5.41) is 7.47. The SMILES string of the molecule is CCCn1cc(Nc2nc(N3CCC[C@@H](NNC(=O)c4ccc(C5CC5)cc4)[C@H]3C)cnc2C(N)=O)cn1. The molecule has 0 radical (unpaired) electrons. The van der Waals surface area contributed by atoms with E-state index >= 15 is 0 Å². The molecule has 2 fully saturated rings. The molecule has 200 valence electrons. The number of benzene rings is 1. The first-order valence-electron chi connectivity index (χ1n) is 13.3. The third-order valence-corrected chi connectivity index (χ3v) is 7.22. The van der Waals surface area contributed by atoms with Crippen molar-refractivity contribution >= 4 is 29.1 Å². The quantitative estimate of drug-likeness (QED) is 0.301. The van der Waals surface area contributed by atoms with Gasteiger partial charge in [-0.25, -0.2) is 15.4 Å². The molecule has 38 heavy (non-hydrogen) atoms. The number of nitrogens with two attached hydrogens (primary N) is 1. The van der Waals surface area contributed by atoms with Crippen LogP contribution in [0.2, 0.25) is 0 Å². The van der Waals surface area contributed by atoms with Crippen LogP contribution in [-0.4, -0.2) is 50.2 Å². The fraction of sp³-hybridized carbons (Fsp3) is 0.444. The topological polar surface area (TPSA) is 143 Å². The van der Waals surface area contributed by atoms with Crippen molar-refractivity contribution in [2.45, 2.75) is 70.5 Å². The van der Waals surface area contributed by atoms with Gasteiger partial charge in [0.1, 0.15) is 5.82 Å². The van der Waals surface area contributed by atoms with Gasteiger partial charge in [0.05, 0.1) is 18.1 Å². The van der Waals surface area contributed by atoms with Crippen LogP contribution in [0.4, 0.5) is 17.3 Å². The summed E-state index contributed by atoms with van der Waals surface area (Å²) in [6.07, 6.45) is 10.3. The molecule has 2 aromatic heterocycles. The van der Waals surface area contributed by atoms with Crippen molar-refractivity contribution in [3.05, 3.63) is 59.7 Å². The summed E-state index contributed by atoms with van der Waals surface area (Å²) in [7, 11) is 0. The average molecular weight is 518 g/mol. The lowest BCUT2D eigenvalue weighted by Crippen LogP contribution is -2.57. The standard InChI is InChI=1S/C27H35N9O2/c1-3-12-35-16-21(14-30-35)31-26-24(25(28)37)29-15-23(32-26)36-13-4-5-22(17(36)2)33-34-27(38)20-10-8-19(9-11-20)18-6-7-18/h8-11,14-18,22,33H,3-7,12-13H2,1-2H3,(H2,28,37)(H,31,32)(H,34,38)/t17-,22-/m1/s1. The fourth-order valence-corrected chi connectivity index (χ4v) is 4.92. The van der Waals surface area contributed by atoms with E-state index in [4.69, 9.17) is 10.7 Å². The zero-order chi connectivity index (χ0) is 26.6. The summed E-state index contributed by atoms with van der Waals surface area (Å²) >= 11 is 0. The van der Waals surface area contributed by atoms with Gasteiger partial charge in [0.25, 0.3) is 11.8 Å². The second-order valence-corrected chi connectivity index (χ2v) is 10.1. The maximum atomic E-state index is 12.7. The number of hydrogen-bond donors (Lipinski definition) is 4. The van der Waals surface area contributed by atoms with Crippen molar-refractivity contribution in [2.24, 2.45) is 5.73 Å². The highest BCUT2D eigenvalue weighted by Gasteiger charge is 2.30. The van der Waals surface area contributed by atoms with E-state index < -0.39 is 5.91 Å². The van der Waals surface area contributed by atoms with E-state index in [-0.39, 0.29) is 29.5 Å². The lowest BCUT2D eigenvalue weighted by Gasteiger charge is -2.40. The smallest absolute Gasteiger partial charge is 0.271 e. The van der Waals surface area contributed by atoms with Gasteiger partial charge in [-0.2, -0.15) is 5.10 Å². The molecular formula is C27H35N9O2. The third-order valence-electron chi connectivity index (χ3n) is 7.22. The van der Waals surface area contributed by atoms with Crippen molar-refractivity contribution in [3.8, 4) is 0 Å². The Kier molecular flexibility index (Phi) is 7.54. The Morgan fingerprint density at radius 1 is 1.13 bits per heavy atom. The summed E-state index contributed by atoms with van der Waals surface area (Å²) in [5.74, 6) is 0.758. The van der Waals surface area contributed by atoms with Crippen molar-refractivity contribution < 1.29 is 9.59 Å². The number of amides is 2. The monoisotopic (exact) mass is 517 g/mol. The van der Waals surface area contributed by atoms with Crippen LogP contribution in [0, 0.1) is 0 Å². The lowest BCUT2D eigenvalue weighted by atomic mass is 9.98. The Balaban J connectivity index is 1.26. The molecule has 1 saturated heterocycles. The van der Waals surface area contributed by atoms with E-state index in [1.54, 1.807) is 12.4 Å². The van der Waals surface area contributed by atoms with Gasteiger partial charge in [0, 0.05) is 36.9 Å². The van der Waals surface area contributed by atoms with Crippen LogP contribution in [-0.2, 0) is 6.54 Å². The Labute approximate surface area is 222 Å². The number of carbonyl (C=O) groups excluding carboxylic acids is 2. The Morgan fingerprint density at radius 3 is 2.63 bits per heavy atom. The van der Waals surface area contributed by atoms with E-state index in [1.165, 1.54) is 18.4 Å². The van der Waals surface area contributed by atoms with Crippen LogP contribution in [0.1, 0.15) is 78.3 Å². The largest absolute Gasteiger partial charge is 0.364 e. The van der Waals surface area contributed by atoms with Gasteiger partial charge in [0.15, 0.2) is 11.5 Å². The number of aryl methyl sites for hydroxylation is 1. The van der Waals surface area contributed by atoms with Gasteiger partial charge >= 0.3 is 0 Å². The molecule has 2 atom stereocenters. The minimum Gasteiger partial charge on any atom is -0.364 e. The molecule has 1 aromatic carbocycles. The summed E-state index contributed by atoms with van der Waals surface area (Å²) in [6, 6.07) is 7.88. The normalized spacial score (nSPS) is 19.3. The third kappa shape index (κ3) is 5.77. The minimum atomic E-state index is -0.661. The molecule has 5 N–H and O–H groups in total. The molecule has 1 aliphatic heterocycles. The van der Waals surface area contributed by atoms with Gasteiger partial charge < -0.3 is 16.0 Å². The molecule has 11 heteroatoms. The number of rotatable bonds is 10. The molecule has 1 saturated carbocycles. The number of nitrogens with zero attached hydrogens (tertiary/aromatic N) is 5. The number of aromatic nitrogens is 4. The zero-order valence-corrected chi connectivity index (χ0v) is 21.9. The molecule has 3 aromatic rings. The lowest BCUT2D eigenvalue weighted by molar-refractivity contribution is 0.0918. The summed E-state index contributed by atoms with van der Waals surface area (Å²) in [4.78, 5) is 36.0. The van der Waals surface area contributed by atoms with Crippen LogP contribution in [0.25, 0.3) is 0 Å². The van der Waals surface area contributed by atoms with Crippen LogP contribution in [0.3, 0.4) is 0 Å². The van der Waals surface area contributed by atoms with E-state index in [9.17, 15) is 9.59 Å². The van der Waals surface area contributed by atoms with Crippen molar-refractivity contribution in [1.29, 1.82) is 0 Å². The molecule has 3 heterocycles. The van der Waals surface area contributed by atoms with Gasteiger partial charge in [-0.1, -0.05) is 19.1 Å². The number of nitrogens with one attached hydrogen (secondary N) is 3. The summed E-state index contributed by atoms with van der Waals surface area (Å²) in [6.45, 7) is 5.72.